The first-order valence-corrected chi connectivity index (χ1v) is 3.10. The molecule has 0 radical (unpaired) electrons. The van der Waals surface area contributed by atoms with E-state index in [0.717, 1.165) is 0 Å². The zero-order valence-corrected chi connectivity index (χ0v) is 9.14. The van der Waals surface area contributed by atoms with Gasteiger partial charge in [-0.15, -0.1) is 0 Å². The Kier molecular flexibility index (Phi) is 13.9. The number of hydrogen-bond acceptors (Lipinski definition) is 5. The zero-order valence-electron chi connectivity index (χ0n) is 5.20. The van der Waals surface area contributed by atoms with E-state index in [1.54, 1.807) is 0 Å². The molecular weight excluding hydrogens is 171 g/mol. The molecule has 50 valence electrons. The standard InChI is InChI=1S/C3H7O4S.K/c4-2-1-3-7-8(5)6;/h4H,1-3H2;/q-1;+1. The summed E-state index contributed by atoms with van der Waals surface area (Å²) in [6, 6.07) is 0. The van der Waals surface area contributed by atoms with Crippen LogP contribution in [0.15, 0.2) is 0 Å². The summed E-state index contributed by atoms with van der Waals surface area (Å²) in [6.45, 7) is 0.0177. The van der Waals surface area contributed by atoms with Crippen molar-refractivity contribution in [2.75, 3.05) is 13.2 Å². The molecule has 0 aliphatic rings. The van der Waals surface area contributed by atoms with Crippen LogP contribution in [0.3, 0.4) is 0 Å². The van der Waals surface area contributed by atoms with Crippen LogP contribution in [0, 0.1) is 0 Å². The van der Waals surface area contributed by atoms with E-state index in [1.807, 2.05) is 0 Å². The molecule has 0 rings (SSSR count). The third-order valence-electron chi connectivity index (χ3n) is 0.482. The van der Waals surface area contributed by atoms with Gasteiger partial charge >= 0.3 is 51.4 Å². The summed E-state index contributed by atoms with van der Waals surface area (Å²) in [6.07, 6.45) is 0.355. The van der Waals surface area contributed by atoms with Crippen LogP contribution in [0.1, 0.15) is 6.42 Å². The fourth-order valence-electron chi connectivity index (χ4n) is 0.192. The Hall–Kier alpha value is 1.51. The van der Waals surface area contributed by atoms with Gasteiger partial charge in [0.15, 0.2) is 0 Å². The van der Waals surface area contributed by atoms with Gasteiger partial charge in [0.05, 0.1) is 11.0 Å². The second-order valence-electron chi connectivity index (χ2n) is 1.10. The number of aliphatic hydroxyl groups is 1. The summed E-state index contributed by atoms with van der Waals surface area (Å²) >= 11 is 0. The molecule has 0 aromatic heterocycles. The van der Waals surface area contributed by atoms with Gasteiger partial charge in [0.2, 0.25) is 0 Å². The molecule has 6 heteroatoms. The molecule has 0 aromatic rings. The minimum atomic E-state index is -2.43. The third-order valence-corrected chi connectivity index (χ3v) is 0.841. The van der Waals surface area contributed by atoms with Crippen LogP contribution in [-0.4, -0.2) is 18.3 Å². The maximum Gasteiger partial charge on any atom is 1.00 e. The molecule has 0 heterocycles. The fourth-order valence-corrected chi connectivity index (χ4v) is 0.445. The quantitative estimate of drug-likeness (QED) is 0.277. The first kappa shape index (κ1) is 13.1. The second-order valence-corrected chi connectivity index (χ2v) is 1.75. The largest absolute Gasteiger partial charge is 1.00 e. The van der Waals surface area contributed by atoms with Gasteiger partial charge in [-0.25, -0.2) is 0 Å². The molecule has 0 aliphatic carbocycles. The van der Waals surface area contributed by atoms with Crippen molar-refractivity contribution in [2.24, 2.45) is 0 Å². The summed E-state index contributed by atoms with van der Waals surface area (Å²) in [5, 5.41) is 8.10. The van der Waals surface area contributed by atoms with Crippen LogP contribution in [0.25, 0.3) is 0 Å². The van der Waals surface area contributed by atoms with E-state index in [-0.39, 0.29) is 64.6 Å². The minimum absolute atomic E-state index is 0. The Morgan fingerprint density at radius 1 is 1.44 bits per heavy atom. The Balaban J connectivity index is 0. The molecule has 0 saturated carbocycles. The number of aliphatic hydroxyl groups excluding tert-OH is 1. The molecule has 0 saturated heterocycles. The summed E-state index contributed by atoms with van der Waals surface area (Å²) in [7, 11) is -2.43. The molecule has 1 N–H and O–H groups in total. The smallest absolute Gasteiger partial charge is 0.424 e. The third kappa shape index (κ3) is 12.7. The minimum Gasteiger partial charge on any atom is -0.424 e. The van der Waals surface area contributed by atoms with Crippen LogP contribution in [0.4, 0.5) is 0 Å². The Bertz CT molecular complexity index is 104. The van der Waals surface area contributed by atoms with E-state index in [2.05, 4.69) is 4.18 Å². The van der Waals surface area contributed by atoms with Crippen LogP contribution in [0.5, 0.6) is 0 Å². The van der Waals surface area contributed by atoms with E-state index in [9.17, 15) is 8.42 Å². The summed E-state index contributed by atoms with van der Waals surface area (Å²) in [5.41, 5.74) is 0. The van der Waals surface area contributed by atoms with Crippen LogP contribution in [0.2, 0.25) is 0 Å². The van der Waals surface area contributed by atoms with Crippen molar-refractivity contribution in [1.82, 2.24) is 0 Å². The topological polar surface area (TPSA) is 63.6 Å². The molecule has 0 bridgehead atoms. The van der Waals surface area contributed by atoms with Crippen molar-refractivity contribution < 1.29 is 69.1 Å². The second kappa shape index (κ2) is 9.51. The molecule has 0 unspecified atom stereocenters. The van der Waals surface area contributed by atoms with E-state index in [0.29, 0.717) is 6.42 Å². The molecule has 0 amide bonds. The van der Waals surface area contributed by atoms with Gasteiger partial charge in [-0.2, -0.15) is 0 Å². The van der Waals surface area contributed by atoms with Gasteiger partial charge < -0.3 is 17.7 Å². The normalized spacial score (nSPS) is 9.11. The average molecular weight is 178 g/mol. The van der Waals surface area contributed by atoms with Gasteiger partial charge in [-0.1, -0.05) is 0 Å². The average Bonchev–Trinajstić information content (AvgIpc) is 1.66. The fraction of sp³-hybridized carbons (Fsp3) is 1.00. The molecule has 9 heavy (non-hydrogen) atoms. The van der Waals surface area contributed by atoms with E-state index >= 15 is 0 Å². The zero-order chi connectivity index (χ0) is 6.41. The van der Waals surface area contributed by atoms with E-state index < -0.39 is 11.0 Å². The maximum atomic E-state index is 9.57. The van der Waals surface area contributed by atoms with Gasteiger partial charge in [-0.3, -0.25) is 0 Å². The van der Waals surface area contributed by atoms with E-state index in [1.165, 1.54) is 0 Å². The Morgan fingerprint density at radius 2 is 2.00 bits per heavy atom. The van der Waals surface area contributed by atoms with Crippen LogP contribution in [-0.2, 0) is 23.6 Å². The van der Waals surface area contributed by atoms with Crippen molar-refractivity contribution >= 4 is 11.0 Å². The van der Waals surface area contributed by atoms with E-state index in [4.69, 9.17) is 5.11 Å². The molecular formula is C3H7KO4S. The van der Waals surface area contributed by atoms with Crippen molar-refractivity contribution in [1.29, 1.82) is 0 Å². The van der Waals surface area contributed by atoms with Gasteiger partial charge in [0.25, 0.3) is 0 Å². The monoisotopic (exact) mass is 178 g/mol. The van der Waals surface area contributed by atoms with Crippen molar-refractivity contribution in [3.05, 3.63) is 0 Å². The summed E-state index contributed by atoms with van der Waals surface area (Å²) < 4.78 is 23.2. The summed E-state index contributed by atoms with van der Waals surface area (Å²) in [5.74, 6) is 0. The molecule has 0 aliphatic heterocycles. The molecule has 0 fully saturated rings. The van der Waals surface area contributed by atoms with Gasteiger partial charge in [0, 0.05) is 13.2 Å². The SMILES string of the molecule is O=[S-](=O)OCCCO.[K+]. The van der Waals surface area contributed by atoms with Crippen molar-refractivity contribution in [2.45, 2.75) is 6.42 Å². The molecule has 0 aromatic carbocycles. The first-order valence-electron chi connectivity index (χ1n) is 2.10. The molecule has 0 atom stereocenters. The van der Waals surface area contributed by atoms with Crippen molar-refractivity contribution in [3.63, 3.8) is 0 Å². The summed E-state index contributed by atoms with van der Waals surface area (Å²) in [4.78, 5) is 0. The van der Waals surface area contributed by atoms with Crippen molar-refractivity contribution in [3.8, 4) is 0 Å². The Labute approximate surface area is 98.2 Å². The maximum absolute atomic E-state index is 9.57. The predicted octanol–water partition coefficient (Wildman–Crippen LogP) is -3.39. The Morgan fingerprint density at radius 3 is 2.33 bits per heavy atom. The van der Waals surface area contributed by atoms with Gasteiger partial charge in [-0.05, 0) is 6.42 Å². The number of rotatable bonds is 4. The predicted molar refractivity (Wildman–Crippen MR) is 26.4 cm³/mol. The number of hydrogen-bond donors (Lipinski definition) is 1. The van der Waals surface area contributed by atoms with Crippen LogP contribution < -0.4 is 51.4 Å². The first-order chi connectivity index (χ1) is 3.77. The van der Waals surface area contributed by atoms with Gasteiger partial charge in [0.1, 0.15) is 0 Å². The van der Waals surface area contributed by atoms with Crippen LogP contribution >= 0.6 is 0 Å². The molecule has 0 spiro atoms. The molecule has 4 nitrogen and oxygen atoms in total.